The van der Waals surface area contributed by atoms with Crippen LogP contribution < -0.4 is 16.2 Å². The van der Waals surface area contributed by atoms with Gasteiger partial charge < -0.3 is 15.5 Å². The Labute approximate surface area is 105 Å². The summed E-state index contributed by atoms with van der Waals surface area (Å²) in [5.41, 5.74) is 7.68. The van der Waals surface area contributed by atoms with Gasteiger partial charge in [-0.15, -0.1) is 0 Å². The highest BCUT2D eigenvalue weighted by molar-refractivity contribution is 7.89. The molecule has 96 valence electrons. The van der Waals surface area contributed by atoms with Crippen molar-refractivity contribution in [1.29, 1.82) is 0 Å². The zero-order valence-electron chi connectivity index (χ0n) is 9.46. The van der Waals surface area contributed by atoms with Crippen LogP contribution in [0.25, 0.3) is 0 Å². The van der Waals surface area contributed by atoms with Gasteiger partial charge in [0, 0.05) is 12.1 Å². The number of hydrogen-bond donors (Lipinski definition) is 3. The number of furan rings is 1. The average Bonchev–Trinajstić information content (AvgIpc) is 2.79. The molecule has 6 nitrogen and oxygen atoms in total. The van der Waals surface area contributed by atoms with Crippen molar-refractivity contribution in [2.24, 2.45) is 5.14 Å². The first-order valence-corrected chi connectivity index (χ1v) is 6.69. The van der Waals surface area contributed by atoms with Crippen LogP contribution in [-0.4, -0.2) is 8.42 Å². The van der Waals surface area contributed by atoms with Crippen LogP contribution in [0, 0.1) is 0 Å². The maximum Gasteiger partial charge on any atom is 0.238 e. The van der Waals surface area contributed by atoms with Gasteiger partial charge in [-0.2, -0.15) is 0 Å². The van der Waals surface area contributed by atoms with Crippen LogP contribution in [0.4, 0.5) is 11.4 Å². The normalized spacial score (nSPS) is 11.4. The van der Waals surface area contributed by atoms with Crippen molar-refractivity contribution < 1.29 is 12.8 Å². The molecule has 0 bridgehead atoms. The molecular formula is C11H13N3O3S. The van der Waals surface area contributed by atoms with Gasteiger partial charge in [0.1, 0.15) is 0 Å². The highest BCUT2D eigenvalue weighted by atomic mass is 32.2. The molecule has 7 heteroatoms. The van der Waals surface area contributed by atoms with Gasteiger partial charge in [0.2, 0.25) is 10.0 Å². The van der Waals surface area contributed by atoms with Crippen molar-refractivity contribution in [1.82, 2.24) is 0 Å². The summed E-state index contributed by atoms with van der Waals surface area (Å²) in [4.78, 5) is -0.00568. The van der Waals surface area contributed by atoms with Gasteiger partial charge in [0.05, 0.1) is 28.8 Å². The van der Waals surface area contributed by atoms with E-state index in [0.29, 0.717) is 17.9 Å². The molecule has 0 atom stereocenters. The first-order chi connectivity index (χ1) is 8.47. The van der Waals surface area contributed by atoms with Crippen LogP contribution in [0.1, 0.15) is 5.56 Å². The topological polar surface area (TPSA) is 111 Å². The maximum absolute atomic E-state index is 11.1. The fraction of sp³-hybridized carbons (Fsp3) is 0.0909. The van der Waals surface area contributed by atoms with Crippen molar-refractivity contribution in [2.45, 2.75) is 11.4 Å². The third-order valence-corrected chi connectivity index (χ3v) is 3.33. The van der Waals surface area contributed by atoms with Crippen molar-refractivity contribution >= 4 is 21.4 Å². The Hall–Kier alpha value is -1.99. The largest absolute Gasteiger partial charge is 0.472 e. The minimum atomic E-state index is -3.72. The van der Waals surface area contributed by atoms with E-state index in [2.05, 4.69) is 5.32 Å². The van der Waals surface area contributed by atoms with Crippen molar-refractivity contribution in [3.05, 3.63) is 42.4 Å². The molecular weight excluding hydrogens is 254 g/mol. The predicted octanol–water partition coefficient (Wildman–Crippen LogP) is 1.12. The fourth-order valence-electron chi connectivity index (χ4n) is 1.47. The molecule has 0 aliphatic carbocycles. The van der Waals surface area contributed by atoms with Crippen LogP contribution in [0.2, 0.25) is 0 Å². The van der Waals surface area contributed by atoms with Gasteiger partial charge in [-0.1, -0.05) is 0 Å². The number of benzene rings is 1. The maximum atomic E-state index is 11.1. The minimum absolute atomic E-state index is 0.00568. The number of sulfonamides is 1. The monoisotopic (exact) mass is 267 g/mol. The molecule has 18 heavy (non-hydrogen) atoms. The summed E-state index contributed by atoms with van der Waals surface area (Å²) in [5.74, 6) is 0. The summed E-state index contributed by atoms with van der Waals surface area (Å²) in [6.07, 6.45) is 3.19. The number of primary sulfonamides is 1. The van der Waals surface area contributed by atoms with Crippen LogP contribution in [0.15, 0.2) is 46.1 Å². The van der Waals surface area contributed by atoms with E-state index in [1.54, 1.807) is 18.6 Å². The molecule has 0 saturated heterocycles. The van der Waals surface area contributed by atoms with Gasteiger partial charge in [0.25, 0.3) is 0 Å². The number of rotatable bonds is 4. The van der Waals surface area contributed by atoms with Crippen molar-refractivity contribution in [2.75, 3.05) is 11.1 Å². The molecule has 1 aromatic heterocycles. The van der Waals surface area contributed by atoms with E-state index < -0.39 is 10.0 Å². The van der Waals surface area contributed by atoms with Gasteiger partial charge in [-0.05, 0) is 24.3 Å². The summed E-state index contributed by atoms with van der Waals surface area (Å²) < 4.78 is 27.2. The van der Waals surface area contributed by atoms with Crippen LogP contribution in [-0.2, 0) is 16.6 Å². The molecule has 2 aromatic rings. The molecule has 2 rings (SSSR count). The Balaban J connectivity index is 2.15. The summed E-state index contributed by atoms with van der Waals surface area (Å²) in [7, 11) is -3.72. The lowest BCUT2D eigenvalue weighted by Crippen LogP contribution is -2.13. The van der Waals surface area contributed by atoms with Crippen molar-refractivity contribution in [3.8, 4) is 0 Å². The summed E-state index contributed by atoms with van der Waals surface area (Å²) in [5, 5.41) is 8.08. The highest BCUT2D eigenvalue weighted by Crippen LogP contribution is 2.22. The van der Waals surface area contributed by atoms with Crippen molar-refractivity contribution in [3.63, 3.8) is 0 Å². The second kappa shape index (κ2) is 4.71. The first-order valence-electron chi connectivity index (χ1n) is 5.14. The SMILES string of the molecule is Nc1cc(S(N)(=O)=O)ccc1NCc1ccoc1. The van der Waals surface area contributed by atoms with Gasteiger partial charge in [0.15, 0.2) is 0 Å². The molecule has 0 amide bonds. The third kappa shape index (κ3) is 2.82. The van der Waals surface area contributed by atoms with E-state index >= 15 is 0 Å². The molecule has 1 aromatic carbocycles. The average molecular weight is 267 g/mol. The summed E-state index contributed by atoms with van der Waals surface area (Å²) in [6, 6.07) is 6.13. The Morgan fingerprint density at radius 1 is 1.28 bits per heavy atom. The van der Waals surface area contributed by atoms with Crippen LogP contribution >= 0.6 is 0 Å². The molecule has 0 spiro atoms. The van der Waals surface area contributed by atoms with E-state index in [9.17, 15) is 8.42 Å². The molecule has 0 aliphatic rings. The number of nitrogen functional groups attached to an aromatic ring is 1. The smallest absolute Gasteiger partial charge is 0.238 e. The Bertz CT molecular complexity index is 636. The predicted molar refractivity (Wildman–Crippen MR) is 68.3 cm³/mol. The number of nitrogens with two attached hydrogens (primary N) is 2. The molecule has 5 N–H and O–H groups in total. The van der Waals surface area contributed by atoms with Gasteiger partial charge in [-0.25, -0.2) is 13.6 Å². The summed E-state index contributed by atoms with van der Waals surface area (Å²) >= 11 is 0. The Kier molecular flexibility index (Phi) is 3.26. The molecule has 0 aliphatic heterocycles. The lowest BCUT2D eigenvalue weighted by atomic mass is 10.2. The first kappa shape index (κ1) is 12.5. The molecule has 0 saturated carbocycles. The number of anilines is 2. The standard InChI is InChI=1S/C11H13N3O3S/c12-10-5-9(18(13,15)16)1-2-11(10)14-6-8-3-4-17-7-8/h1-5,7,14H,6,12H2,(H2,13,15,16). The molecule has 0 radical (unpaired) electrons. The van der Waals surface area contributed by atoms with E-state index in [-0.39, 0.29) is 4.90 Å². The quantitative estimate of drug-likeness (QED) is 0.719. The van der Waals surface area contributed by atoms with E-state index in [1.807, 2.05) is 6.07 Å². The Morgan fingerprint density at radius 2 is 2.06 bits per heavy atom. The van der Waals surface area contributed by atoms with E-state index in [4.69, 9.17) is 15.3 Å². The van der Waals surface area contributed by atoms with Crippen LogP contribution in [0.3, 0.4) is 0 Å². The number of hydrogen-bond acceptors (Lipinski definition) is 5. The lowest BCUT2D eigenvalue weighted by molar-refractivity contribution is 0.564. The zero-order valence-corrected chi connectivity index (χ0v) is 10.3. The number of nitrogens with one attached hydrogen (secondary N) is 1. The molecule has 0 unspecified atom stereocenters. The lowest BCUT2D eigenvalue weighted by Gasteiger charge is -2.09. The fourth-order valence-corrected chi connectivity index (χ4v) is 2.02. The molecule has 0 fully saturated rings. The van der Waals surface area contributed by atoms with Gasteiger partial charge >= 0.3 is 0 Å². The second-order valence-corrected chi connectivity index (χ2v) is 5.34. The Morgan fingerprint density at radius 3 is 2.61 bits per heavy atom. The third-order valence-electron chi connectivity index (χ3n) is 2.41. The van der Waals surface area contributed by atoms with E-state index in [1.165, 1.54) is 12.1 Å². The van der Waals surface area contributed by atoms with Gasteiger partial charge in [-0.3, -0.25) is 0 Å². The summed E-state index contributed by atoms with van der Waals surface area (Å²) in [6.45, 7) is 0.537. The zero-order chi connectivity index (χ0) is 13.2. The molecule has 1 heterocycles. The van der Waals surface area contributed by atoms with E-state index in [0.717, 1.165) is 5.56 Å². The highest BCUT2D eigenvalue weighted by Gasteiger charge is 2.09. The van der Waals surface area contributed by atoms with Crippen LogP contribution in [0.5, 0.6) is 0 Å². The second-order valence-electron chi connectivity index (χ2n) is 3.78. The minimum Gasteiger partial charge on any atom is -0.472 e.